The van der Waals surface area contributed by atoms with E-state index in [2.05, 4.69) is 0 Å². The lowest BCUT2D eigenvalue weighted by Gasteiger charge is -2.14. The van der Waals surface area contributed by atoms with Crippen LogP contribution in [0.2, 0.25) is 0 Å². The van der Waals surface area contributed by atoms with Crippen LogP contribution in [0.5, 0.6) is 11.5 Å². The Morgan fingerprint density at radius 3 is 2.62 bits per heavy atom. The Labute approximate surface area is 121 Å². The summed E-state index contributed by atoms with van der Waals surface area (Å²) < 4.78 is 19.4. The summed E-state index contributed by atoms with van der Waals surface area (Å²) in [5.74, 6) is -0.271. The van der Waals surface area contributed by atoms with Gasteiger partial charge in [-0.25, -0.2) is 4.39 Å². The molecular formula is C15H15FN2O3. The molecule has 0 amide bonds. The van der Waals surface area contributed by atoms with E-state index in [-0.39, 0.29) is 22.7 Å². The zero-order valence-corrected chi connectivity index (χ0v) is 11.7. The summed E-state index contributed by atoms with van der Waals surface area (Å²) in [6, 6.07) is 8.26. The molecule has 2 rings (SSSR count). The molecular weight excluding hydrogens is 275 g/mol. The Bertz CT molecular complexity index is 687. The molecule has 0 aliphatic heterocycles. The first-order valence-corrected chi connectivity index (χ1v) is 6.37. The van der Waals surface area contributed by atoms with E-state index in [0.717, 1.165) is 5.56 Å². The van der Waals surface area contributed by atoms with Gasteiger partial charge in [0.15, 0.2) is 0 Å². The van der Waals surface area contributed by atoms with Crippen LogP contribution in [0.3, 0.4) is 0 Å². The van der Waals surface area contributed by atoms with E-state index in [1.54, 1.807) is 19.9 Å². The fraction of sp³-hybridized carbons (Fsp3) is 0.200. The van der Waals surface area contributed by atoms with Crippen molar-refractivity contribution < 1.29 is 14.1 Å². The number of ether oxygens (including phenoxy) is 1. The first-order chi connectivity index (χ1) is 9.90. The Morgan fingerprint density at radius 1 is 1.29 bits per heavy atom. The summed E-state index contributed by atoms with van der Waals surface area (Å²) in [5, 5.41) is 11.1. The molecule has 1 atom stereocenters. The van der Waals surface area contributed by atoms with Crippen LogP contribution in [0.15, 0.2) is 36.4 Å². The number of benzene rings is 2. The van der Waals surface area contributed by atoms with E-state index in [1.165, 1.54) is 30.3 Å². The van der Waals surface area contributed by atoms with Gasteiger partial charge in [-0.05, 0) is 37.6 Å². The van der Waals surface area contributed by atoms with E-state index in [0.29, 0.717) is 0 Å². The van der Waals surface area contributed by atoms with Gasteiger partial charge in [-0.3, -0.25) is 10.1 Å². The third kappa shape index (κ3) is 3.17. The van der Waals surface area contributed by atoms with E-state index < -0.39 is 16.8 Å². The van der Waals surface area contributed by atoms with Gasteiger partial charge < -0.3 is 10.5 Å². The zero-order chi connectivity index (χ0) is 15.6. The van der Waals surface area contributed by atoms with Gasteiger partial charge in [0, 0.05) is 17.7 Å². The highest BCUT2D eigenvalue weighted by Gasteiger charge is 2.19. The largest absolute Gasteiger partial charge is 0.450 e. The minimum absolute atomic E-state index is 0.0538. The normalized spacial score (nSPS) is 12.0. The molecule has 21 heavy (non-hydrogen) atoms. The summed E-state index contributed by atoms with van der Waals surface area (Å²) in [7, 11) is 0. The second-order valence-electron chi connectivity index (χ2n) is 4.77. The first-order valence-electron chi connectivity index (χ1n) is 6.37. The second-order valence-corrected chi connectivity index (χ2v) is 4.77. The number of halogens is 1. The van der Waals surface area contributed by atoms with Crippen molar-refractivity contribution in [3.05, 3.63) is 63.5 Å². The fourth-order valence-electron chi connectivity index (χ4n) is 2.02. The maximum Gasteiger partial charge on any atom is 0.311 e. The van der Waals surface area contributed by atoms with Crippen LogP contribution in [0.1, 0.15) is 24.1 Å². The topological polar surface area (TPSA) is 78.4 Å². The van der Waals surface area contributed by atoms with Crippen LogP contribution in [0.4, 0.5) is 10.1 Å². The molecule has 0 aliphatic carbocycles. The Kier molecular flexibility index (Phi) is 4.18. The van der Waals surface area contributed by atoms with E-state index in [9.17, 15) is 14.5 Å². The predicted molar refractivity (Wildman–Crippen MR) is 76.9 cm³/mol. The lowest BCUT2D eigenvalue weighted by molar-refractivity contribution is -0.385. The highest BCUT2D eigenvalue weighted by Crippen LogP contribution is 2.35. The predicted octanol–water partition coefficient (Wildman–Crippen LogP) is 3.85. The van der Waals surface area contributed by atoms with Crippen molar-refractivity contribution in [1.82, 2.24) is 0 Å². The van der Waals surface area contributed by atoms with Gasteiger partial charge in [0.2, 0.25) is 5.75 Å². The number of rotatable bonds is 4. The van der Waals surface area contributed by atoms with Crippen LogP contribution < -0.4 is 10.5 Å². The van der Waals surface area contributed by atoms with E-state index in [4.69, 9.17) is 10.5 Å². The average Bonchev–Trinajstić information content (AvgIpc) is 2.40. The fourth-order valence-corrected chi connectivity index (χ4v) is 2.02. The summed E-state index contributed by atoms with van der Waals surface area (Å²) >= 11 is 0. The zero-order valence-electron chi connectivity index (χ0n) is 11.7. The van der Waals surface area contributed by atoms with Crippen LogP contribution in [0.25, 0.3) is 0 Å². The highest BCUT2D eigenvalue weighted by atomic mass is 19.1. The Morgan fingerprint density at radius 2 is 2.00 bits per heavy atom. The molecule has 6 heteroatoms. The Hall–Kier alpha value is -2.47. The molecule has 0 heterocycles. The summed E-state index contributed by atoms with van der Waals surface area (Å²) in [5.41, 5.74) is 6.49. The van der Waals surface area contributed by atoms with Gasteiger partial charge in [0.25, 0.3) is 0 Å². The van der Waals surface area contributed by atoms with Crippen LogP contribution in [0, 0.1) is 22.9 Å². The average molecular weight is 290 g/mol. The molecule has 2 N–H and O–H groups in total. The SMILES string of the molecule is Cc1ccc(Oc2cccc(F)c2C(C)N)c([N+](=O)[O-])c1. The van der Waals surface area contributed by atoms with Crippen molar-refractivity contribution in [1.29, 1.82) is 0 Å². The molecule has 0 bridgehead atoms. The number of nitrogens with two attached hydrogens (primary N) is 1. The lowest BCUT2D eigenvalue weighted by Crippen LogP contribution is -2.09. The molecule has 0 saturated carbocycles. The summed E-state index contributed by atoms with van der Waals surface area (Å²) in [6.45, 7) is 3.36. The number of nitrogens with zero attached hydrogens (tertiary/aromatic N) is 1. The molecule has 0 aliphatic rings. The van der Waals surface area contributed by atoms with E-state index >= 15 is 0 Å². The number of nitro benzene ring substituents is 1. The van der Waals surface area contributed by atoms with Gasteiger partial charge in [0.05, 0.1) is 4.92 Å². The van der Waals surface area contributed by atoms with Gasteiger partial charge in [-0.1, -0.05) is 12.1 Å². The van der Waals surface area contributed by atoms with Crippen LogP contribution in [-0.2, 0) is 0 Å². The molecule has 0 radical (unpaired) electrons. The summed E-state index contributed by atoms with van der Waals surface area (Å²) in [4.78, 5) is 10.5. The highest BCUT2D eigenvalue weighted by molar-refractivity contribution is 5.51. The van der Waals surface area contributed by atoms with Crippen molar-refractivity contribution in [2.45, 2.75) is 19.9 Å². The minimum Gasteiger partial charge on any atom is -0.450 e. The monoisotopic (exact) mass is 290 g/mol. The number of hydrogen-bond acceptors (Lipinski definition) is 4. The molecule has 0 aromatic heterocycles. The molecule has 1 unspecified atom stereocenters. The first kappa shape index (κ1) is 14.9. The molecule has 2 aromatic rings. The van der Waals surface area contributed by atoms with E-state index in [1.807, 2.05) is 0 Å². The van der Waals surface area contributed by atoms with Crippen molar-refractivity contribution >= 4 is 5.69 Å². The van der Waals surface area contributed by atoms with Crippen LogP contribution in [-0.4, -0.2) is 4.92 Å². The molecule has 0 saturated heterocycles. The quantitative estimate of drug-likeness (QED) is 0.685. The standard InChI is InChI=1S/C15H15FN2O3/c1-9-6-7-13(12(8-9)18(19)20)21-14-5-3-4-11(16)15(14)10(2)17/h3-8,10H,17H2,1-2H3. The van der Waals surface area contributed by atoms with Crippen molar-refractivity contribution in [2.75, 3.05) is 0 Å². The van der Waals surface area contributed by atoms with Crippen molar-refractivity contribution in [2.24, 2.45) is 5.73 Å². The molecule has 0 spiro atoms. The van der Waals surface area contributed by atoms with Crippen molar-refractivity contribution in [3.8, 4) is 11.5 Å². The number of aryl methyl sites for hydroxylation is 1. The molecule has 2 aromatic carbocycles. The van der Waals surface area contributed by atoms with Gasteiger partial charge in [-0.2, -0.15) is 0 Å². The van der Waals surface area contributed by atoms with Gasteiger partial charge in [0.1, 0.15) is 11.6 Å². The molecule has 0 fully saturated rings. The number of hydrogen-bond donors (Lipinski definition) is 1. The smallest absolute Gasteiger partial charge is 0.311 e. The number of nitro groups is 1. The van der Waals surface area contributed by atoms with Gasteiger partial charge in [-0.15, -0.1) is 0 Å². The Balaban J connectivity index is 2.49. The second kappa shape index (κ2) is 5.88. The third-order valence-electron chi connectivity index (χ3n) is 3.00. The van der Waals surface area contributed by atoms with Gasteiger partial charge >= 0.3 is 5.69 Å². The third-order valence-corrected chi connectivity index (χ3v) is 3.00. The maximum atomic E-state index is 13.8. The maximum absolute atomic E-state index is 13.8. The minimum atomic E-state index is -0.592. The van der Waals surface area contributed by atoms with Crippen molar-refractivity contribution in [3.63, 3.8) is 0 Å². The summed E-state index contributed by atoms with van der Waals surface area (Å²) in [6.07, 6.45) is 0. The lowest BCUT2D eigenvalue weighted by atomic mass is 10.1. The molecule has 110 valence electrons. The van der Waals surface area contributed by atoms with Crippen LogP contribution >= 0.6 is 0 Å². The molecule has 5 nitrogen and oxygen atoms in total.